The molecule has 0 aromatic rings. The van der Waals surface area contributed by atoms with Gasteiger partial charge in [0.05, 0.1) is 19.8 Å². The molecule has 0 aromatic heterocycles. The van der Waals surface area contributed by atoms with Gasteiger partial charge in [0.15, 0.2) is 0 Å². The largest absolute Gasteiger partial charge is 0.379 e. The van der Waals surface area contributed by atoms with Crippen LogP contribution in [-0.2, 0) is 14.3 Å². The molecule has 2 rings (SSSR count). The Kier molecular flexibility index (Phi) is 7.08. The summed E-state index contributed by atoms with van der Waals surface area (Å²) in [4.78, 5) is 25.8. The second-order valence-corrected chi connectivity index (χ2v) is 6.14. The first kappa shape index (κ1) is 17.2. The average Bonchev–Trinajstić information content (AvgIpc) is 2.91. The number of ether oxygens (including phenoxy) is 1. The number of nitrogens with zero attached hydrogens (tertiary/aromatic N) is 1. The molecule has 7 heteroatoms. The van der Waals surface area contributed by atoms with Gasteiger partial charge in [0, 0.05) is 38.6 Å². The van der Waals surface area contributed by atoms with Crippen LogP contribution in [-0.4, -0.2) is 68.7 Å². The number of amides is 2. The first-order chi connectivity index (χ1) is 10.6. The maximum absolute atomic E-state index is 11.8. The molecule has 0 aromatic carbocycles. The lowest BCUT2D eigenvalue weighted by Crippen LogP contribution is -2.43. The van der Waals surface area contributed by atoms with Crippen molar-refractivity contribution < 1.29 is 14.3 Å². The van der Waals surface area contributed by atoms with E-state index in [-0.39, 0.29) is 30.3 Å². The molecule has 1 aliphatic heterocycles. The summed E-state index contributed by atoms with van der Waals surface area (Å²) in [5.74, 6) is 0.0485. The third-order valence-electron chi connectivity index (χ3n) is 4.47. The van der Waals surface area contributed by atoms with Crippen LogP contribution in [0, 0.1) is 5.92 Å². The minimum Gasteiger partial charge on any atom is -0.379 e. The van der Waals surface area contributed by atoms with E-state index in [1.54, 1.807) is 0 Å². The van der Waals surface area contributed by atoms with Gasteiger partial charge < -0.3 is 21.1 Å². The normalized spacial score (nSPS) is 25.9. The zero-order valence-corrected chi connectivity index (χ0v) is 13.2. The van der Waals surface area contributed by atoms with E-state index in [1.165, 1.54) is 0 Å². The number of carbonyl (C=O) groups is 2. The highest BCUT2D eigenvalue weighted by Gasteiger charge is 2.26. The van der Waals surface area contributed by atoms with Crippen LogP contribution in [0.25, 0.3) is 0 Å². The fourth-order valence-corrected chi connectivity index (χ4v) is 3.05. The van der Waals surface area contributed by atoms with Crippen LogP contribution in [0.4, 0.5) is 0 Å². The van der Waals surface area contributed by atoms with Crippen LogP contribution in [0.15, 0.2) is 0 Å². The Labute approximate surface area is 131 Å². The highest BCUT2D eigenvalue weighted by Crippen LogP contribution is 2.26. The van der Waals surface area contributed by atoms with Gasteiger partial charge in [0.2, 0.25) is 11.8 Å². The van der Waals surface area contributed by atoms with Crippen LogP contribution in [0.5, 0.6) is 0 Å². The van der Waals surface area contributed by atoms with Gasteiger partial charge in [-0.2, -0.15) is 0 Å². The van der Waals surface area contributed by atoms with Crippen LogP contribution < -0.4 is 16.4 Å². The monoisotopic (exact) mass is 312 g/mol. The third kappa shape index (κ3) is 5.90. The third-order valence-corrected chi connectivity index (χ3v) is 4.47. The second kappa shape index (κ2) is 9.07. The molecule has 126 valence electrons. The molecule has 7 nitrogen and oxygen atoms in total. The topological polar surface area (TPSA) is 96.7 Å². The maximum atomic E-state index is 11.8. The molecule has 2 aliphatic rings. The van der Waals surface area contributed by atoms with E-state index in [9.17, 15) is 9.59 Å². The Morgan fingerprint density at radius 3 is 2.59 bits per heavy atom. The Bertz CT molecular complexity index is 372. The molecule has 0 bridgehead atoms. The summed E-state index contributed by atoms with van der Waals surface area (Å²) < 4.78 is 5.27. The Morgan fingerprint density at radius 2 is 1.91 bits per heavy atom. The first-order valence-corrected chi connectivity index (χ1v) is 8.24. The molecule has 1 saturated carbocycles. The molecule has 1 saturated heterocycles. The molecule has 0 radical (unpaired) electrons. The molecule has 2 amide bonds. The Hall–Kier alpha value is -1.18. The number of nitrogens with one attached hydrogen (secondary N) is 2. The average molecular weight is 312 g/mol. The van der Waals surface area contributed by atoms with Gasteiger partial charge in [-0.25, -0.2) is 0 Å². The Morgan fingerprint density at radius 1 is 1.14 bits per heavy atom. The van der Waals surface area contributed by atoms with E-state index in [4.69, 9.17) is 10.5 Å². The van der Waals surface area contributed by atoms with Crippen molar-refractivity contribution in [1.82, 2.24) is 15.5 Å². The molecule has 22 heavy (non-hydrogen) atoms. The Balaban J connectivity index is 1.52. The molecule has 2 atom stereocenters. The number of nitrogens with two attached hydrogens (primary N) is 1. The summed E-state index contributed by atoms with van der Waals surface area (Å²) in [6.07, 6.45) is 3.55. The van der Waals surface area contributed by atoms with Gasteiger partial charge in [0.25, 0.3) is 0 Å². The molecule has 1 aliphatic carbocycles. The van der Waals surface area contributed by atoms with Gasteiger partial charge >= 0.3 is 0 Å². The van der Waals surface area contributed by atoms with Gasteiger partial charge in [-0.05, 0) is 18.8 Å². The molecule has 0 spiro atoms. The van der Waals surface area contributed by atoms with E-state index in [0.717, 1.165) is 52.1 Å². The van der Waals surface area contributed by atoms with Crippen LogP contribution >= 0.6 is 0 Å². The number of hydrogen-bond acceptors (Lipinski definition) is 5. The summed E-state index contributed by atoms with van der Waals surface area (Å²) in [6.45, 7) is 4.80. The van der Waals surface area contributed by atoms with E-state index < -0.39 is 0 Å². The standard InChI is InChI=1S/C15H28N4O3/c16-13-3-1-2-12(13)10-14(20)18-11-15(21)17-4-5-19-6-8-22-9-7-19/h12-13H,1-11,16H2,(H,17,21)(H,18,20)/t12-,13+/m0/s1. The fourth-order valence-electron chi connectivity index (χ4n) is 3.05. The van der Waals surface area contributed by atoms with Crippen molar-refractivity contribution in [2.75, 3.05) is 45.9 Å². The first-order valence-electron chi connectivity index (χ1n) is 8.24. The smallest absolute Gasteiger partial charge is 0.239 e. The van der Waals surface area contributed by atoms with Crippen LogP contribution in [0.3, 0.4) is 0 Å². The van der Waals surface area contributed by atoms with Gasteiger partial charge in [0.1, 0.15) is 0 Å². The lowest BCUT2D eigenvalue weighted by atomic mass is 10.00. The molecule has 1 heterocycles. The van der Waals surface area contributed by atoms with Crippen molar-refractivity contribution in [1.29, 1.82) is 0 Å². The number of rotatable bonds is 7. The SMILES string of the molecule is N[C@@H]1CCC[C@H]1CC(=O)NCC(=O)NCCN1CCOCC1. The molecule has 0 unspecified atom stereocenters. The van der Waals surface area contributed by atoms with Crippen LogP contribution in [0.1, 0.15) is 25.7 Å². The molecule has 2 fully saturated rings. The lowest BCUT2D eigenvalue weighted by molar-refractivity contribution is -0.126. The van der Waals surface area contributed by atoms with Gasteiger partial charge in [-0.15, -0.1) is 0 Å². The maximum Gasteiger partial charge on any atom is 0.239 e. The van der Waals surface area contributed by atoms with Crippen LogP contribution in [0.2, 0.25) is 0 Å². The quantitative estimate of drug-likeness (QED) is 0.564. The van der Waals surface area contributed by atoms with Gasteiger partial charge in [-0.1, -0.05) is 6.42 Å². The summed E-state index contributed by atoms with van der Waals surface area (Å²) >= 11 is 0. The number of carbonyl (C=O) groups excluding carboxylic acids is 2. The summed E-state index contributed by atoms with van der Waals surface area (Å²) in [6, 6.07) is 0.132. The fraction of sp³-hybridized carbons (Fsp3) is 0.867. The zero-order chi connectivity index (χ0) is 15.8. The van der Waals surface area contributed by atoms with Crippen molar-refractivity contribution in [3.63, 3.8) is 0 Å². The predicted molar refractivity (Wildman–Crippen MR) is 83.2 cm³/mol. The highest BCUT2D eigenvalue weighted by atomic mass is 16.5. The number of morpholine rings is 1. The van der Waals surface area contributed by atoms with Crippen molar-refractivity contribution in [3.8, 4) is 0 Å². The van der Waals surface area contributed by atoms with E-state index in [2.05, 4.69) is 15.5 Å². The van der Waals surface area contributed by atoms with E-state index in [1.807, 2.05) is 0 Å². The van der Waals surface area contributed by atoms with Crippen molar-refractivity contribution in [3.05, 3.63) is 0 Å². The lowest BCUT2D eigenvalue weighted by Gasteiger charge is -2.26. The minimum atomic E-state index is -0.141. The van der Waals surface area contributed by atoms with Gasteiger partial charge in [-0.3, -0.25) is 14.5 Å². The predicted octanol–water partition coefficient (Wildman–Crippen LogP) is -0.931. The van der Waals surface area contributed by atoms with Crippen molar-refractivity contribution in [2.24, 2.45) is 11.7 Å². The molecular weight excluding hydrogens is 284 g/mol. The van der Waals surface area contributed by atoms with E-state index >= 15 is 0 Å². The summed E-state index contributed by atoms with van der Waals surface area (Å²) in [7, 11) is 0. The molecule has 4 N–H and O–H groups in total. The summed E-state index contributed by atoms with van der Waals surface area (Å²) in [5.41, 5.74) is 5.95. The van der Waals surface area contributed by atoms with E-state index in [0.29, 0.717) is 13.0 Å². The molecular formula is C15H28N4O3. The minimum absolute atomic E-state index is 0.0455. The number of hydrogen-bond donors (Lipinski definition) is 3. The zero-order valence-electron chi connectivity index (χ0n) is 13.2. The summed E-state index contributed by atoms with van der Waals surface area (Å²) in [5, 5.41) is 5.51. The van der Waals surface area contributed by atoms with Crippen molar-refractivity contribution >= 4 is 11.8 Å². The highest BCUT2D eigenvalue weighted by molar-refractivity contribution is 5.84. The van der Waals surface area contributed by atoms with Crippen molar-refractivity contribution in [2.45, 2.75) is 31.7 Å². The second-order valence-electron chi connectivity index (χ2n) is 6.14.